The van der Waals surface area contributed by atoms with Crippen molar-refractivity contribution in [1.29, 1.82) is 0 Å². The Bertz CT molecular complexity index is 1300. The number of H-pyrrole nitrogens is 1. The monoisotopic (exact) mass is 549 g/mol. The largest absolute Gasteiger partial charge is 0.492 e. The van der Waals surface area contributed by atoms with Crippen LogP contribution < -0.4 is 4.74 Å². The van der Waals surface area contributed by atoms with Crippen LogP contribution in [0.2, 0.25) is 0 Å². The molecule has 2 heterocycles. The number of ether oxygens (including phenoxy) is 1. The zero-order valence-electron chi connectivity index (χ0n) is 22.4. The maximum atomic E-state index is 15.7. The van der Waals surface area contributed by atoms with E-state index in [1.54, 1.807) is 18.9 Å². The van der Waals surface area contributed by atoms with Crippen molar-refractivity contribution in [2.75, 3.05) is 40.0 Å². The molecule has 0 bridgehead atoms. The number of aliphatic carboxylic acids is 1. The number of carboxylic acids is 1. The molecule has 0 amide bonds. The normalized spacial score (nSPS) is 18.6. The summed E-state index contributed by atoms with van der Waals surface area (Å²) in [7, 11) is 1.78. The van der Waals surface area contributed by atoms with Crippen molar-refractivity contribution in [3.63, 3.8) is 0 Å². The van der Waals surface area contributed by atoms with Crippen LogP contribution >= 0.6 is 0 Å². The van der Waals surface area contributed by atoms with Gasteiger partial charge in [0, 0.05) is 47.8 Å². The lowest BCUT2D eigenvalue weighted by molar-refractivity contribution is -0.142. The average Bonchev–Trinajstić information content (AvgIpc) is 3.26. The Hall–Kier alpha value is -3.11. The van der Waals surface area contributed by atoms with Gasteiger partial charge in [-0.05, 0) is 50.6 Å². The summed E-state index contributed by atoms with van der Waals surface area (Å²) in [4.78, 5) is 18.7. The van der Waals surface area contributed by atoms with Gasteiger partial charge in [0.2, 0.25) is 0 Å². The number of alkyl halides is 3. The number of para-hydroxylation sites is 1. The summed E-state index contributed by atoms with van der Waals surface area (Å²) >= 11 is 0. The van der Waals surface area contributed by atoms with E-state index in [4.69, 9.17) is 4.74 Å². The van der Waals surface area contributed by atoms with Gasteiger partial charge in [0.25, 0.3) is 6.43 Å². The molecule has 10 heteroatoms. The second kappa shape index (κ2) is 12.4. The third kappa shape index (κ3) is 6.06. The zero-order valence-corrected chi connectivity index (χ0v) is 22.4. The first kappa shape index (κ1) is 28.9. The molecule has 1 aliphatic heterocycles. The van der Waals surface area contributed by atoms with E-state index in [-0.39, 0.29) is 30.5 Å². The smallest absolute Gasteiger partial charge is 0.307 e. The van der Waals surface area contributed by atoms with Gasteiger partial charge in [-0.2, -0.15) is 0 Å². The standard InChI is InChI=1S/C29H35F4N3O3/c1-17(29(37)38)16-36-18(2)15-20-19-7-4-5-8-22(19)34-26(20)27(36)24-21(31)9-10-23(25(24)28(32)33)39-14-13-35(3)12-6-11-30/h4-5,7-10,17-18,27-28,34H,6,11-16H2,1-3H3,(H,37,38)/t17-,18+,27+/m0/s1. The van der Waals surface area contributed by atoms with Crippen LogP contribution in [0.15, 0.2) is 36.4 Å². The number of aromatic amines is 1. The van der Waals surface area contributed by atoms with Gasteiger partial charge in [-0.15, -0.1) is 0 Å². The van der Waals surface area contributed by atoms with Crippen LogP contribution in [0.4, 0.5) is 17.6 Å². The van der Waals surface area contributed by atoms with E-state index in [0.29, 0.717) is 31.6 Å². The highest BCUT2D eigenvalue weighted by atomic mass is 19.3. The molecule has 0 aliphatic carbocycles. The Morgan fingerprint density at radius 2 is 1.97 bits per heavy atom. The van der Waals surface area contributed by atoms with E-state index < -0.39 is 42.4 Å². The molecule has 212 valence electrons. The van der Waals surface area contributed by atoms with Crippen molar-refractivity contribution >= 4 is 16.9 Å². The maximum Gasteiger partial charge on any atom is 0.307 e. The second-order valence-electron chi connectivity index (χ2n) is 10.3. The Balaban J connectivity index is 1.82. The highest BCUT2D eigenvalue weighted by molar-refractivity contribution is 5.85. The average molecular weight is 550 g/mol. The molecule has 0 saturated heterocycles. The molecule has 0 unspecified atom stereocenters. The molecule has 1 aromatic heterocycles. The van der Waals surface area contributed by atoms with Crippen molar-refractivity contribution in [3.05, 3.63) is 64.6 Å². The first-order chi connectivity index (χ1) is 18.6. The minimum atomic E-state index is -3.04. The molecule has 3 atom stereocenters. The van der Waals surface area contributed by atoms with Crippen LogP contribution in [-0.4, -0.2) is 71.9 Å². The molecule has 0 saturated carbocycles. The Labute approximate surface area is 225 Å². The molecule has 3 aromatic rings. The van der Waals surface area contributed by atoms with E-state index in [1.165, 1.54) is 6.07 Å². The molecule has 2 aromatic carbocycles. The van der Waals surface area contributed by atoms with Crippen LogP contribution in [-0.2, 0) is 11.2 Å². The SMILES string of the molecule is C[C@@H]1Cc2c([nH]c3ccccc23)[C@@H](c2c(F)ccc(OCCN(C)CCCF)c2C(F)F)N1C[C@H](C)C(=O)O. The number of likely N-dealkylation sites (N-methyl/N-ethyl adjacent to an activating group) is 1. The summed E-state index contributed by atoms with van der Waals surface area (Å²) in [6.07, 6.45) is -2.13. The number of fused-ring (bicyclic) bond motifs is 3. The first-order valence-corrected chi connectivity index (χ1v) is 13.2. The predicted octanol–water partition coefficient (Wildman–Crippen LogP) is 5.97. The highest BCUT2D eigenvalue weighted by Gasteiger charge is 2.41. The molecule has 0 fully saturated rings. The summed E-state index contributed by atoms with van der Waals surface area (Å²) in [5, 5.41) is 10.6. The third-order valence-corrected chi connectivity index (χ3v) is 7.51. The van der Waals surface area contributed by atoms with Crippen molar-refractivity contribution in [2.45, 2.75) is 45.2 Å². The molecule has 1 aliphatic rings. The van der Waals surface area contributed by atoms with Crippen LogP contribution in [0.3, 0.4) is 0 Å². The number of hydrogen-bond donors (Lipinski definition) is 2. The van der Waals surface area contributed by atoms with E-state index >= 15 is 4.39 Å². The summed E-state index contributed by atoms with van der Waals surface area (Å²) < 4.78 is 63.5. The van der Waals surface area contributed by atoms with Gasteiger partial charge in [-0.3, -0.25) is 14.1 Å². The van der Waals surface area contributed by atoms with Crippen LogP contribution in [0.5, 0.6) is 5.75 Å². The number of halogens is 4. The lowest BCUT2D eigenvalue weighted by Crippen LogP contribution is -2.46. The van der Waals surface area contributed by atoms with Crippen LogP contribution in [0.25, 0.3) is 10.9 Å². The van der Waals surface area contributed by atoms with Gasteiger partial charge in [-0.25, -0.2) is 13.2 Å². The lowest BCUT2D eigenvalue weighted by atomic mass is 9.85. The number of carboxylic acid groups (broad SMARTS) is 1. The number of nitrogens with one attached hydrogen (secondary N) is 1. The Morgan fingerprint density at radius 3 is 2.67 bits per heavy atom. The molecule has 39 heavy (non-hydrogen) atoms. The van der Waals surface area contributed by atoms with E-state index in [9.17, 15) is 23.1 Å². The molecule has 0 radical (unpaired) electrons. The predicted molar refractivity (Wildman–Crippen MR) is 142 cm³/mol. The zero-order chi connectivity index (χ0) is 28.3. The van der Waals surface area contributed by atoms with Gasteiger partial charge in [0.15, 0.2) is 0 Å². The van der Waals surface area contributed by atoms with Crippen molar-refractivity contribution in [3.8, 4) is 5.75 Å². The lowest BCUT2D eigenvalue weighted by Gasteiger charge is -2.42. The Morgan fingerprint density at radius 1 is 1.23 bits per heavy atom. The van der Waals surface area contributed by atoms with E-state index in [2.05, 4.69) is 4.98 Å². The quantitative estimate of drug-likeness (QED) is 0.273. The first-order valence-electron chi connectivity index (χ1n) is 13.2. The van der Waals surface area contributed by atoms with Gasteiger partial charge in [0.05, 0.1) is 24.2 Å². The topological polar surface area (TPSA) is 68.8 Å². The molecule has 2 N–H and O–H groups in total. The Kier molecular flexibility index (Phi) is 9.17. The van der Waals surface area contributed by atoms with Crippen LogP contribution in [0.1, 0.15) is 55.1 Å². The molecular formula is C29H35F4N3O3. The van der Waals surface area contributed by atoms with Gasteiger partial charge in [0.1, 0.15) is 18.2 Å². The highest BCUT2D eigenvalue weighted by Crippen LogP contribution is 2.46. The molecule has 6 nitrogen and oxygen atoms in total. The number of rotatable bonds is 12. The summed E-state index contributed by atoms with van der Waals surface area (Å²) in [5.41, 5.74) is 1.53. The second-order valence-corrected chi connectivity index (χ2v) is 10.3. The molecule has 0 spiro atoms. The van der Waals surface area contributed by atoms with Gasteiger partial charge < -0.3 is 19.7 Å². The fourth-order valence-corrected chi connectivity index (χ4v) is 5.47. The molecular weight excluding hydrogens is 514 g/mol. The van der Waals surface area contributed by atoms with Crippen LogP contribution in [0, 0.1) is 11.7 Å². The molecule has 4 rings (SSSR count). The summed E-state index contributed by atoms with van der Waals surface area (Å²) in [6.45, 7) is 3.99. The van der Waals surface area contributed by atoms with Gasteiger partial charge >= 0.3 is 5.97 Å². The van der Waals surface area contributed by atoms with E-state index in [1.807, 2.05) is 36.1 Å². The third-order valence-electron chi connectivity index (χ3n) is 7.51. The fraction of sp³-hybridized carbons (Fsp3) is 0.483. The summed E-state index contributed by atoms with van der Waals surface area (Å²) in [5.74, 6) is -2.76. The van der Waals surface area contributed by atoms with Crippen molar-refractivity contribution in [1.82, 2.24) is 14.8 Å². The number of carbonyl (C=O) groups is 1. The number of aromatic nitrogens is 1. The van der Waals surface area contributed by atoms with Crippen molar-refractivity contribution < 1.29 is 32.2 Å². The fourth-order valence-electron chi connectivity index (χ4n) is 5.47. The van der Waals surface area contributed by atoms with Crippen molar-refractivity contribution in [2.24, 2.45) is 5.92 Å². The summed E-state index contributed by atoms with van der Waals surface area (Å²) in [6, 6.07) is 8.68. The van der Waals surface area contributed by atoms with E-state index in [0.717, 1.165) is 22.5 Å². The number of hydrogen-bond acceptors (Lipinski definition) is 4. The minimum Gasteiger partial charge on any atom is -0.492 e. The number of nitrogens with zero attached hydrogens (tertiary/aromatic N) is 2. The van der Waals surface area contributed by atoms with Gasteiger partial charge in [-0.1, -0.05) is 25.1 Å². The number of benzene rings is 2. The minimum absolute atomic E-state index is 0.0442. The maximum absolute atomic E-state index is 15.7.